The number of methoxy groups -OCH3 is 1. The number of hydrogen-bond donors (Lipinski definition) is 3. The van der Waals surface area contributed by atoms with Crippen molar-refractivity contribution in [1.29, 1.82) is 0 Å². The van der Waals surface area contributed by atoms with Gasteiger partial charge in [-0.2, -0.15) is 4.98 Å². The summed E-state index contributed by atoms with van der Waals surface area (Å²) in [4.78, 5) is 48.6. The summed E-state index contributed by atoms with van der Waals surface area (Å²) in [6, 6.07) is 6.50. The van der Waals surface area contributed by atoms with Gasteiger partial charge in [-0.1, -0.05) is 19.1 Å². The van der Waals surface area contributed by atoms with Crippen molar-refractivity contribution in [1.82, 2.24) is 25.1 Å². The van der Waals surface area contributed by atoms with Gasteiger partial charge in [0.15, 0.2) is 11.5 Å². The van der Waals surface area contributed by atoms with E-state index in [1.807, 2.05) is 25.9 Å². The molecule has 2 rings (SSSR count). The number of aromatic nitrogens is 2. The normalized spacial score (nSPS) is 11.8. The van der Waals surface area contributed by atoms with Gasteiger partial charge in [0.1, 0.15) is 17.5 Å². The highest BCUT2D eigenvalue weighted by Crippen LogP contribution is 2.25. The molecule has 3 amide bonds. The quantitative estimate of drug-likeness (QED) is 0.226. The van der Waals surface area contributed by atoms with E-state index in [9.17, 15) is 14.4 Å². The maximum absolute atomic E-state index is 12.4. The fourth-order valence-corrected chi connectivity index (χ4v) is 3.38. The topological polar surface area (TPSA) is 152 Å². The van der Waals surface area contributed by atoms with Gasteiger partial charge >= 0.3 is 0 Å². The van der Waals surface area contributed by atoms with Crippen molar-refractivity contribution < 1.29 is 23.9 Å². The Balaban J connectivity index is 1.88. The number of nitrogens with two attached hydrogens (primary N) is 1. The number of benzene rings is 1. The molecule has 1 heterocycles. The number of rotatable bonds is 15. The van der Waals surface area contributed by atoms with Crippen LogP contribution in [0.25, 0.3) is 0 Å². The number of hydrogen-bond acceptors (Lipinski definition) is 9. The summed E-state index contributed by atoms with van der Waals surface area (Å²) >= 11 is 0. The zero-order chi connectivity index (χ0) is 28.9. The van der Waals surface area contributed by atoms with E-state index in [0.29, 0.717) is 55.5 Å². The predicted molar refractivity (Wildman–Crippen MR) is 149 cm³/mol. The summed E-state index contributed by atoms with van der Waals surface area (Å²) in [5, 5.41) is 5.89. The number of ether oxygens (including phenoxy) is 2. The molecule has 0 aliphatic heterocycles. The van der Waals surface area contributed by atoms with Crippen LogP contribution in [0.4, 0.5) is 11.5 Å². The van der Waals surface area contributed by atoms with Crippen molar-refractivity contribution in [2.45, 2.75) is 32.7 Å². The Morgan fingerprint density at radius 1 is 1.18 bits per heavy atom. The van der Waals surface area contributed by atoms with Crippen LogP contribution >= 0.6 is 0 Å². The monoisotopic (exact) mass is 541 g/mol. The minimum atomic E-state index is -0.706. The molecule has 0 bridgehead atoms. The first kappa shape index (κ1) is 31.0. The number of carbonyl (C=O) groups is 3. The first-order valence-corrected chi connectivity index (χ1v) is 12.7. The molecule has 1 atom stereocenters. The first-order valence-electron chi connectivity index (χ1n) is 12.7. The third kappa shape index (κ3) is 9.56. The Kier molecular flexibility index (Phi) is 12.2. The lowest BCUT2D eigenvalue weighted by Crippen LogP contribution is -2.45. The Bertz CT molecular complexity index is 1170. The largest absolute Gasteiger partial charge is 0.493 e. The van der Waals surface area contributed by atoms with Gasteiger partial charge in [0.05, 0.1) is 13.7 Å². The number of nitrogens with one attached hydrogen (secondary N) is 2. The molecule has 1 aromatic carbocycles. The molecule has 4 N–H and O–H groups in total. The van der Waals surface area contributed by atoms with Gasteiger partial charge < -0.3 is 35.6 Å². The van der Waals surface area contributed by atoms with Crippen molar-refractivity contribution in [3.63, 3.8) is 0 Å². The minimum Gasteiger partial charge on any atom is -0.493 e. The van der Waals surface area contributed by atoms with Crippen molar-refractivity contribution in [2.75, 3.05) is 53.3 Å². The van der Waals surface area contributed by atoms with Crippen LogP contribution in [0.15, 0.2) is 36.4 Å². The summed E-state index contributed by atoms with van der Waals surface area (Å²) in [6.45, 7) is 4.94. The number of anilines is 2. The molecule has 212 valence electrons. The highest BCUT2D eigenvalue weighted by molar-refractivity contribution is 5.96. The number of nitrogens with zero attached hydrogens (tertiary/aromatic N) is 4. The van der Waals surface area contributed by atoms with E-state index >= 15 is 0 Å². The summed E-state index contributed by atoms with van der Waals surface area (Å²) in [5.41, 5.74) is 6.67. The van der Waals surface area contributed by atoms with E-state index in [2.05, 4.69) is 20.6 Å². The Labute approximate surface area is 229 Å². The molecule has 12 nitrogen and oxygen atoms in total. The third-order valence-electron chi connectivity index (χ3n) is 5.72. The summed E-state index contributed by atoms with van der Waals surface area (Å²) < 4.78 is 11.1. The van der Waals surface area contributed by atoms with Crippen LogP contribution in [0.1, 0.15) is 36.5 Å². The first-order chi connectivity index (χ1) is 18.6. The number of amides is 3. The van der Waals surface area contributed by atoms with E-state index in [4.69, 9.17) is 15.2 Å². The second-order valence-corrected chi connectivity index (χ2v) is 9.03. The van der Waals surface area contributed by atoms with Gasteiger partial charge in [-0.25, -0.2) is 4.98 Å². The van der Waals surface area contributed by atoms with Gasteiger partial charge in [-0.15, -0.1) is 0 Å². The SMILES string of the molecule is CCc1nc(C(N)=O)c(Nc2cccc(OCCCNC(=O)[C@H](C)N(C)C(=O)/C=C/CN(C)C)c2)nc1OC. The highest BCUT2D eigenvalue weighted by Gasteiger charge is 2.20. The Morgan fingerprint density at radius 2 is 1.92 bits per heavy atom. The number of likely N-dealkylation sites (N-methyl/N-ethyl adjacent to an activating group) is 2. The van der Waals surface area contributed by atoms with Crippen LogP contribution < -0.4 is 25.8 Å². The van der Waals surface area contributed by atoms with E-state index in [1.165, 1.54) is 18.1 Å². The lowest BCUT2D eigenvalue weighted by atomic mass is 10.2. The molecule has 0 spiro atoms. The molecule has 39 heavy (non-hydrogen) atoms. The summed E-state index contributed by atoms with van der Waals surface area (Å²) in [5.74, 6) is -0.103. The van der Waals surface area contributed by atoms with Gasteiger partial charge in [0.2, 0.25) is 17.7 Å². The fraction of sp³-hybridized carbons (Fsp3) is 0.444. The third-order valence-corrected chi connectivity index (χ3v) is 5.72. The zero-order valence-electron chi connectivity index (χ0n) is 23.5. The Hall–Kier alpha value is -4.19. The van der Waals surface area contributed by atoms with Crippen molar-refractivity contribution >= 4 is 29.2 Å². The average molecular weight is 542 g/mol. The van der Waals surface area contributed by atoms with Gasteiger partial charge in [0, 0.05) is 38.0 Å². The lowest BCUT2D eigenvalue weighted by Gasteiger charge is -2.23. The second-order valence-electron chi connectivity index (χ2n) is 9.03. The standard InChI is InChI=1S/C27H39N7O5/c1-7-21-27(38-6)32-25(23(31-21)24(28)36)30-19-11-8-12-20(17-19)39-16-10-14-29-26(37)18(2)34(5)22(35)13-9-15-33(3)4/h8-9,11-13,17-18H,7,10,14-16H2,1-6H3,(H2,28,36)(H,29,37)(H,30,32)/b13-9+/t18-/m0/s1. The van der Waals surface area contributed by atoms with Crippen molar-refractivity contribution in [3.8, 4) is 11.6 Å². The van der Waals surface area contributed by atoms with Crippen LogP contribution in [-0.4, -0.2) is 91.5 Å². The predicted octanol–water partition coefficient (Wildman–Crippen LogP) is 1.74. The van der Waals surface area contributed by atoms with Crippen LogP contribution in [0.2, 0.25) is 0 Å². The number of aryl methyl sites for hydroxylation is 1. The molecule has 0 unspecified atom stereocenters. The Morgan fingerprint density at radius 3 is 2.56 bits per heavy atom. The molecule has 0 aliphatic rings. The molecule has 0 radical (unpaired) electrons. The van der Waals surface area contributed by atoms with Crippen molar-refractivity contribution in [2.24, 2.45) is 5.73 Å². The van der Waals surface area contributed by atoms with E-state index in [0.717, 1.165) is 0 Å². The molecule has 0 fully saturated rings. The van der Waals surface area contributed by atoms with Gasteiger partial charge in [0.25, 0.3) is 5.91 Å². The summed E-state index contributed by atoms with van der Waals surface area (Å²) in [7, 11) is 6.90. The zero-order valence-corrected chi connectivity index (χ0v) is 23.5. The van der Waals surface area contributed by atoms with Gasteiger partial charge in [-0.05, 0) is 46.0 Å². The lowest BCUT2D eigenvalue weighted by molar-refractivity contribution is -0.135. The molecule has 1 aromatic heterocycles. The average Bonchev–Trinajstić information content (AvgIpc) is 2.91. The van der Waals surface area contributed by atoms with E-state index in [1.54, 1.807) is 44.3 Å². The number of carbonyl (C=O) groups excluding carboxylic acids is 3. The molecule has 2 aromatic rings. The minimum absolute atomic E-state index is 0.0147. The van der Waals surface area contributed by atoms with Crippen molar-refractivity contribution in [3.05, 3.63) is 47.8 Å². The van der Waals surface area contributed by atoms with Crippen LogP contribution in [-0.2, 0) is 16.0 Å². The molecule has 0 saturated carbocycles. The smallest absolute Gasteiger partial charge is 0.271 e. The van der Waals surface area contributed by atoms with Gasteiger partial charge in [-0.3, -0.25) is 14.4 Å². The van der Waals surface area contributed by atoms with E-state index < -0.39 is 11.9 Å². The molecule has 0 aliphatic carbocycles. The summed E-state index contributed by atoms with van der Waals surface area (Å²) in [6.07, 6.45) is 4.32. The number of primary amides is 1. The maximum atomic E-state index is 12.4. The molecular formula is C27H39N7O5. The molecular weight excluding hydrogens is 502 g/mol. The maximum Gasteiger partial charge on any atom is 0.271 e. The fourth-order valence-electron chi connectivity index (χ4n) is 3.38. The van der Waals surface area contributed by atoms with E-state index in [-0.39, 0.29) is 23.3 Å². The second kappa shape index (κ2) is 15.3. The molecule has 0 saturated heterocycles. The molecule has 12 heteroatoms. The van der Waals surface area contributed by atoms with Crippen LogP contribution in [0.3, 0.4) is 0 Å². The van der Waals surface area contributed by atoms with Crippen LogP contribution in [0.5, 0.6) is 11.6 Å². The van der Waals surface area contributed by atoms with Crippen LogP contribution in [0, 0.1) is 0 Å². The highest BCUT2D eigenvalue weighted by atomic mass is 16.5.